The van der Waals surface area contributed by atoms with Crippen LogP contribution < -0.4 is 5.73 Å². The Bertz CT molecular complexity index is 213. The number of aliphatic hydroxyl groups excluding tert-OH is 1. The number of ether oxygens (including phenoxy) is 1. The summed E-state index contributed by atoms with van der Waals surface area (Å²) in [5, 5.41) is 11.1. The molecule has 0 bridgehead atoms. The molecule has 0 saturated heterocycles. The normalized spacial score (nSPS) is 13.1. The summed E-state index contributed by atoms with van der Waals surface area (Å²) < 4.78 is 5.24. The Morgan fingerprint density at radius 1 is 1.62 bits per heavy atom. The average molecular weight is 201 g/mol. The largest absolute Gasteiger partial charge is 0.389 e. The van der Waals surface area contributed by atoms with Crippen LogP contribution in [0.3, 0.4) is 0 Å². The van der Waals surface area contributed by atoms with Gasteiger partial charge in [-0.2, -0.15) is 0 Å². The van der Waals surface area contributed by atoms with E-state index in [1.807, 2.05) is 11.4 Å². The fourth-order valence-electron chi connectivity index (χ4n) is 0.915. The maximum atomic E-state index is 9.07. The molecule has 0 aliphatic heterocycles. The van der Waals surface area contributed by atoms with Crippen molar-refractivity contribution in [2.45, 2.75) is 12.5 Å². The topological polar surface area (TPSA) is 55.5 Å². The number of hydrogen-bond acceptors (Lipinski definition) is 4. The number of aliphatic hydroxyl groups is 1. The van der Waals surface area contributed by atoms with E-state index in [1.165, 1.54) is 4.88 Å². The highest BCUT2D eigenvalue weighted by atomic mass is 32.1. The first-order valence-corrected chi connectivity index (χ1v) is 5.19. The van der Waals surface area contributed by atoms with Crippen LogP contribution in [0, 0.1) is 0 Å². The van der Waals surface area contributed by atoms with Gasteiger partial charge in [-0.3, -0.25) is 0 Å². The van der Waals surface area contributed by atoms with E-state index < -0.39 is 6.10 Å². The third kappa shape index (κ3) is 4.38. The lowest BCUT2D eigenvalue weighted by atomic mass is 10.3. The smallest absolute Gasteiger partial charge is 0.0895 e. The van der Waals surface area contributed by atoms with Crippen molar-refractivity contribution < 1.29 is 9.84 Å². The quantitative estimate of drug-likeness (QED) is 0.664. The predicted octanol–water partition coefficient (Wildman–Crippen LogP) is 0.627. The van der Waals surface area contributed by atoms with Gasteiger partial charge in [-0.05, 0) is 11.4 Å². The summed E-state index contributed by atoms with van der Waals surface area (Å²) in [6, 6.07) is 4.10. The Morgan fingerprint density at radius 3 is 3.08 bits per heavy atom. The third-order valence-electron chi connectivity index (χ3n) is 1.66. The maximum absolute atomic E-state index is 9.07. The zero-order chi connectivity index (χ0) is 9.52. The van der Waals surface area contributed by atoms with Gasteiger partial charge in [0.15, 0.2) is 0 Å². The summed E-state index contributed by atoms with van der Waals surface area (Å²) in [5.41, 5.74) is 5.22. The van der Waals surface area contributed by atoms with Crippen LogP contribution in [0.15, 0.2) is 17.5 Å². The predicted molar refractivity (Wildman–Crippen MR) is 53.9 cm³/mol. The monoisotopic (exact) mass is 201 g/mol. The van der Waals surface area contributed by atoms with Crippen LogP contribution >= 0.6 is 11.3 Å². The van der Waals surface area contributed by atoms with Crippen molar-refractivity contribution in [2.75, 3.05) is 19.8 Å². The molecule has 0 spiro atoms. The van der Waals surface area contributed by atoms with Gasteiger partial charge in [-0.25, -0.2) is 0 Å². The molecule has 1 unspecified atom stereocenters. The van der Waals surface area contributed by atoms with Gasteiger partial charge in [-0.1, -0.05) is 6.07 Å². The zero-order valence-electron chi connectivity index (χ0n) is 7.48. The second-order valence-electron chi connectivity index (χ2n) is 2.79. The van der Waals surface area contributed by atoms with Gasteiger partial charge in [0.2, 0.25) is 0 Å². The van der Waals surface area contributed by atoms with Crippen LogP contribution in [0.5, 0.6) is 0 Å². The van der Waals surface area contributed by atoms with Crippen LogP contribution in [0.1, 0.15) is 4.88 Å². The molecule has 1 aromatic rings. The van der Waals surface area contributed by atoms with Gasteiger partial charge < -0.3 is 15.6 Å². The fourth-order valence-corrected chi connectivity index (χ4v) is 1.61. The van der Waals surface area contributed by atoms with Gasteiger partial charge >= 0.3 is 0 Å². The van der Waals surface area contributed by atoms with E-state index in [-0.39, 0.29) is 6.54 Å². The minimum absolute atomic E-state index is 0.263. The van der Waals surface area contributed by atoms with E-state index in [4.69, 9.17) is 15.6 Å². The van der Waals surface area contributed by atoms with Crippen molar-refractivity contribution in [3.05, 3.63) is 22.4 Å². The minimum Gasteiger partial charge on any atom is -0.389 e. The molecule has 0 aliphatic carbocycles. The summed E-state index contributed by atoms with van der Waals surface area (Å²) in [6.45, 7) is 1.25. The van der Waals surface area contributed by atoms with Crippen LogP contribution in [0.4, 0.5) is 0 Å². The SMILES string of the molecule is NCC(O)COCCc1cccs1. The first kappa shape index (κ1) is 10.7. The summed E-state index contributed by atoms with van der Waals surface area (Å²) in [6.07, 6.45) is 0.387. The lowest BCUT2D eigenvalue weighted by molar-refractivity contribution is 0.0429. The average Bonchev–Trinajstić information content (AvgIpc) is 2.64. The molecule has 3 N–H and O–H groups in total. The molecule has 3 nitrogen and oxygen atoms in total. The number of rotatable bonds is 6. The van der Waals surface area contributed by atoms with E-state index in [1.54, 1.807) is 11.3 Å². The summed E-state index contributed by atoms with van der Waals surface area (Å²) in [5.74, 6) is 0. The number of hydrogen-bond donors (Lipinski definition) is 2. The minimum atomic E-state index is -0.525. The Balaban J connectivity index is 2.02. The lowest BCUT2D eigenvalue weighted by Crippen LogP contribution is -2.25. The molecule has 0 saturated carbocycles. The van der Waals surface area contributed by atoms with Gasteiger partial charge in [0.05, 0.1) is 19.3 Å². The first-order valence-electron chi connectivity index (χ1n) is 4.31. The standard InChI is InChI=1S/C9H15NO2S/c10-6-8(11)7-12-4-3-9-2-1-5-13-9/h1-2,5,8,11H,3-4,6-7,10H2. The Morgan fingerprint density at radius 2 is 2.46 bits per heavy atom. The molecular formula is C9H15NO2S. The molecule has 0 radical (unpaired) electrons. The van der Waals surface area contributed by atoms with Crippen LogP contribution in [-0.2, 0) is 11.2 Å². The molecule has 1 heterocycles. The Kier molecular flexibility index (Phi) is 5.00. The lowest BCUT2D eigenvalue weighted by Gasteiger charge is -2.07. The molecule has 74 valence electrons. The van der Waals surface area contributed by atoms with Gasteiger partial charge in [0.25, 0.3) is 0 Å². The maximum Gasteiger partial charge on any atom is 0.0895 e. The summed E-state index contributed by atoms with van der Waals surface area (Å²) in [7, 11) is 0. The van der Waals surface area contributed by atoms with E-state index in [2.05, 4.69) is 6.07 Å². The van der Waals surface area contributed by atoms with E-state index in [9.17, 15) is 0 Å². The second kappa shape index (κ2) is 6.10. The van der Waals surface area contributed by atoms with E-state index in [0.29, 0.717) is 13.2 Å². The zero-order valence-corrected chi connectivity index (χ0v) is 8.30. The summed E-state index contributed by atoms with van der Waals surface area (Å²) >= 11 is 1.72. The van der Waals surface area contributed by atoms with E-state index >= 15 is 0 Å². The number of thiophene rings is 1. The summed E-state index contributed by atoms with van der Waals surface area (Å²) in [4.78, 5) is 1.31. The van der Waals surface area contributed by atoms with E-state index in [0.717, 1.165) is 6.42 Å². The highest BCUT2D eigenvalue weighted by molar-refractivity contribution is 7.09. The van der Waals surface area contributed by atoms with Gasteiger partial charge in [-0.15, -0.1) is 11.3 Å². The van der Waals surface area contributed by atoms with Crippen molar-refractivity contribution in [3.63, 3.8) is 0 Å². The van der Waals surface area contributed by atoms with Crippen LogP contribution in [-0.4, -0.2) is 31.0 Å². The molecular weight excluding hydrogens is 186 g/mol. The fraction of sp³-hybridized carbons (Fsp3) is 0.556. The highest BCUT2D eigenvalue weighted by Gasteiger charge is 2.00. The van der Waals surface area contributed by atoms with Crippen molar-refractivity contribution in [1.29, 1.82) is 0 Å². The molecule has 1 atom stereocenters. The molecule has 1 rings (SSSR count). The molecule has 0 fully saturated rings. The molecule has 0 aliphatic rings. The van der Waals surface area contributed by atoms with Crippen molar-refractivity contribution >= 4 is 11.3 Å². The van der Waals surface area contributed by atoms with Gasteiger partial charge in [0.1, 0.15) is 0 Å². The van der Waals surface area contributed by atoms with Gasteiger partial charge in [0, 0.05) is 17.8 Å². The molecule has 13 heavy (non-hydrogen) atoms. The molecule has 0 aromatic carbocycles. The third-order valence-corrected chi connectivity index (χ3v) is 2.59. The Labute approximate surface area is 82.1 Å². The second-order valence-corrected chi connectivity index (χ2v) is 3.83. The van der Waals surface area contributed by atoms with Crippen molar-refractivity contribution in [3.8, 4) is 0 Å². The first-order chi connectivity index (χ1) is 6.33. The molecule has 4 heteroatoms. The number of nitrogens with two attached hydrogens (primary N) is 1. The highest BCUT2D eigenvalue weighted by Crippen LogP contribution is 2.08. The van der Waals surface area contributed by atoms with Crippen LogP contribution in [0.2, 0.25) is 0 Å². The van der Waals surface area contributed by atoms with Crippen molar-refractivity contribution in [1.82, 2.24) is 0 Å². The van der Waals surface area contributed by atoms with Crippen LogP contribution in [0.25, 0.3) is 0 Å². The molecule has 0 amide bonds. The van der Waals surface area contributed by atoms with Crippen molar-refractivity contribution in [2.24, 2.45) is 5.73 Å². The Hall–Kier alpha value is -0.420. The molecule has 1 aromatic heterocycles.